The van der Waals surface area contributed by atoms with Gasteiger partial charge in [-0.05, 0) is 36.2 Å². The Morgan fingerprint density at radius 2 is 1.96 bits per heavy atom. The number of benzene rings is 1. The summed E-state index contributed by atoms with van der Waals surface area (Å²) in [5.74, 6) is 1.14. The summed E-state index contributed by atoms with van der Waals surface area (Å²) >= 11 is 5.88. The Morgan fingerprint density at radius 3 is 2.54 bits per heavy atom. The first-order valence-electron chi connectivity index (χ1n) is 8.29. The number of aromatic nitrogens is 2. The number of carbonyl (C=O) groups excluding carboxylic acids is 1. The molecule has 0 aliphatic carbocycles. The van der Waals surface area contributed by atoms with Crippen molar-refractivity contribution in [2.45, 2.75) is 38.7 Å². The van der Waals surface area contributed by atoms with Crippen LogP contribution in [-0.2, 0) is 0 Å². The minimum atomic E-state index is -0.0110. The molecule has 1 aromatic carbocycles. The fourth-order valence-corrected chi connectivity index (χ4v) is 2.91. The molecule has 0 unspecified atom stereocenters. The number of amides is 1. The fourth-order valence-electron chi connectivity index (χ4n) is 2.79. The Morgan fingerprint density at radius 1 is 1.29 bits per heavy atom. The lowest BCUT2D eigenvalue weighted by Crippen LogP contribution is -2.41. The highest BCUT2D eigenvalue weighted by Gasteiger charge is 2.26. The van der Waals surface area contributed by atoms with Crippen molar-refractivity contribution in [3.8, 4) is 5.75 Å². The smallest absolute Gasteiger partial charge is 0.274 e. The molecule has 3 rings (SSSR count). The molecule has 1 saturated heterocycles. The van der Waals surface area contributed by atoms with Gasteiger partial charge in [-0.15, -0.1) is 0 Å². The normalized spacial score (nSPS) is 15.8. The highest BCUT2D eigenvalue weighted by molar-refractivity contribution is 6.30. The third kappa shape index (κ3) is 3.90. The maximum Gasteiger partial charge on any atom is 0.274 e. The third-order valence-electron chi connectivity index (χ3n) is 4.28. The molecule has 2 aromatic rings. The lowest BCUT2D eigenvalue weighted by atomic mass is 10.1. The number of likely N-dealkylation sites (tertiary alicyclic amines) is 1. The van der Waals surface area contributed by atoms with E-state index in [1.54, 1.807) is 0 Å². The van der Waals surface area contributed by atoms with Gasteiger partial charge in [-0.1, -0.05) is 25.4 Å². The summed E-state index contributed by atoms with van der Waals surface area (Å²) in [5.41, 5.74) is 1.48. The molecular formula is C18H22ClN3O2. The van der Waals surface area contributed by atoms with Crippen LogP contribution in [0.15, 0.2) is 30.3 Å². The minimum Gasteiger partial charge on any atom is -0.490 e. The Bertz CT molecular complexity index is 689. The highest BCUT2D eigenvalue weighted by atomic mass is 35.5. The van der Waals surface area contributed by atoms with Crippen molar-refractivity contribution >= 4 is 17.5 Å². The summed E-state index contributed by atoms with van der Waals surface area (Å²) < 4.78 is 5.96. The molecule has 5 nitrogen and oxygen atoms in total. The first kappa shape index (κ1) is 16.8. The van der Waals surface area contributed by atoms with Crippen LogP contribution in [0.2, 0.25) is 5.02 Å². The van der Waals surface area contributed by atoms with Crippen LogP contribution >= 0.6 is 11.6 Å². The predicted octanol–water partition coefficient (Wildman–Crippen LogP) is 3.87. The average molecular weight is 348 g/mol. The van der Waals surface area contributed by atoms with Crippen molar-refractivity contribution in [2.24, 2.45) is 0 Å². The van der Waals surface area contributed by atoms with Gasteiger partial charge >= 0.3 is 0 Å². The molecule has 24 heavy (non-hydrogen) atoms. The lowest BCUT2D eigenvalue weighted by Gasteiger charge is -2.31. The van der Waals surface area contributed by atoms with E-state index >= 15 is 0 Å². The SMILES string of the molecule is CC(C)c1cc(C(=O)N2CCC(Oc3ccc(Cl)cc3)CC2)n[nH]1. The second-order valence-corrected chi connectivity index (χ2v) is 6.86. The number of nitrogens with zero attached hydrogens (tertiary/aromatic N) is 2. The van der Waals surface area contributed by atoms with E-state index in [-0.39, 0.29) is 12.0 Å². The van der Waals surface area contributed by atoms with Crippen LogP contribution in [0.5, 0.6) is 5.75 Å². The van der Waals surface area contributed by atoms with E-state index in [0.29, 0.717) is 29.7 Å². The van der Waals surface area contributed by atoms with E-state index in [1.807, 2.05) is 35.2 Å². The van der Waals surface area contributed by atoms with Gasteiger partial charge in [0.1, 0.15) is 17.5 Å². The molecule has 1 aromatic heterocycles. The fraction of sp³-hybridized carbons (Fsp3) is 0.444. The average Bonchev–Trinajstić information content (AvgIpc) is 3.07. The van der Waals surface area contributed by atoms with Gasteiger partial charge in [0.25, 0.3) is 5.91 Å². The van der Waals surface area contributed by atoms with E-state index in [2.05, 4.69) is 24.0 Å². The van der Waals surface area contributed by atoms with Crippen LogP contribution in [-0.4, -0.2) is 40.2 Å². The summed E-state index contributed by atoms with van der Waals surface area (Å²) in [5, 5.41) is 7.78. The van der Waals surface area contributed by atoms with Gasteiger partial charge in [-0.25, -0.2) is 0 Å². The van der Waals surface area contributed by atoms with E-state index in [4.69, 9.17) is 16.3 Å². The molecular weight excluding hydrogens is 326 g/mol. The molecule has 128 valence electrons. The van der Waals surface area contributed by atoms with E-state index < -0.39 is 0 Å². The van der Waals surface area contributed by atoms with Crippen LogP contribution in [0.25, 0.3) is 0 Å². The summed E-state index contributed by atoms with van der Waals surface area (Å²) in [7, 11) is 0. The molecule has 1 aliphatic rings. The van der Waals surface area contributed by atoms with Gasteiger partial charge in [0.15, 0.2) is 0 Å². The zero-order valence-corrected chi connectivity index (χ0v) is 14.7. The number of nitrogens with one attached hydrogen (secondary N) is 1. The van der Waals surface area contributed by atoms with E-state index in [1.165, 1.54) is 0 Å². The highest BCUT2D eigenvalue weighted by Crippen LogP contribution is 2.22. The number of H-pyrrole nitrogens is 1. The molecule has 0 bridgehead atoms. The lowest BCUT2D eigenvalue weighted by molar-refractivity contribution is 0.0590. The number of halogens is 1. The van der Waals surface area contributed by atoms with E-state index in [0.717, 1.165) is 24.3 Å². The van der Waals surface area contributed by atoms with Gasteiger partial charge in [-0.2, -0.15) is 5.10 Å². The topological polar surface area (TPSA) is 58.2 Å². The third-order valence-corrected chi connectivity index (χ3v) is 4.54. The number of aromatic amines is 1. The zero-order chi connectivity index (χ0) is 17.1. The maximum atomic E-state index is 12.5. The number of hydrogen-bond donors (Lipinski definition) is 1. The van der Waals surface area contributed by atoms with Crippen LogP contribution < -0.4 is 4.74 Å². The molecule has 0 radical (unpaired) electrons. The first-order valence-corrected chi connectivity index (χ1v) is 8.67. The Hall–Kier alpha value is -2.01. The molecule has 1 aliphatic heterocycles. The molecule has 0 saturated carbocycles. The number of ether oxygens (including phenoxy) is 1. The molecule has 0 atom stereocenters. The Balaban J connectivity index is 1.54. The Labute approximate surface area is 147 Å². The number of piperidine rings is 1. The summed E-state index contributed by atoms with van der Waals surface area (Å²) in [6.07, 6.45) is 1.76. The second-order valence-electron chi connectivity index (χ2n) is 6.43. The van der Waals surface area contributed by atoms with Gasteiger partial charge in [0.05, 0.1) is 0 Å². The molecule has 0 spiro atoms. The largest absolute Gasteiger partial charge is 0.490 e. The molecule has 2 heterocycles. The summed E-state index contributed by atoms with van der Waals surface area (Å²) in [4.78, 5) is 14.4. The van der Waals surface area contributed by atoms with Crippen LogP contribution in [0, 0.1) is 0 Å². The van der Waals surface area contributed by atoms with Gasteiger partial charge in [0.2, 0.25) is 0 Å². The van der Waals surface area contributed by atoms with Crippen molar-refractivity contribution in [1.29, 1.82) is 0 Å². The van der Waals surface area contributed by atoms with E-state index in [9.17, 15) is 4.79 Å². The molecule has 1 amide bonds. The molecule has 1 fully saturated rings. The molecule has 1 N–H and O–H groups in total. The van der Waals surface area contributed by atoms with Gasteiger partial charge in [-0.3, -0.25) is 9.89 Å². The van der Waals surface area contributed by atoms with Gasteiger partial charge < -0.3 is 9.64 Å². The minimum absolute atomic E-state index is 0.0110. The van der Waals surface area contributed by atoms with Crippen LogP contribution in [0.3, 0.4) is 0 Å². The van der Waals surface area contributed by atoms with Crippen LogP contribution in [0.1, 0.15) is 48.8 Å². The van der Waals surface area contributed by atoms with Crippen molar-refractivity contribution in [3.05, 3.63) is 46.7 Å². The second kappa shape index (κ2) is 7.26. The summed E-state index contributed by atoms with van der Waals surface area (Å²) in [6.45, 7) is 5.50. The Kier molecular flexibility index (Phi) is 5.09. The van der Waals surface area contributed by atoms with Crippen molar-refractivity contribution in [3.63, 3.8) is 0 Å². The number of hydrogen-bond acceptors (Lipinski definition) is 3. The predicted molar refractivity (Wildman–Crippen MR) is 93.7 cm³/mol. The zero-order valence-electron chi connectivity index (χ0n) is 14.0. The van der Waals surface area contributed by atoms with Crippen LogP contribution in [0.4, 0.5) is 0 Å². The summed E-state index contributed by atoms with van der Waals surface area (Å²) in [6, 6.07) is 9.23. The monoisotopic (exact) mass is 347 g/mol. The van der Waals surface area contributed by atoms with Crippen molar-refractivity contribution < 1.29 is 9.53 Å². The standard InChI is InChI=1S/C18H22ClN3O2/c1-12(2)16-11-17(21-20-16)18(23)22-9-7-15(8-10-22)24-14-5-3-13(19)4-6-14/h3-6,11-12,15H,7-10H2,1-2H3,(H,20,21). The van der Waals surface area contributed by atoms with Gasteiger partial charge in [0, 0.05) is 36.6 Å². The molecule has 6 heteroatoms. The first-order chi connectivity index (χ1) is 11.5. The van der Waals surface area contributed by atoms with Crippen molar-refractivity contribution in [1.82, 2.24) is 15.1 Å². The quantitative estimate of drug-likeness (QED) is 0.913. The maximum absolute atomic E-state index is 12.5. The number of carbonyl (C=O) groups is 1. The number of rotatable bonds is 4. The van der Waals surface area contributed by atoms with Crippen molar-refractivity contribution in [2.75, 3.05) is 13.1 Å².